The van der Waals surface area contributed by atoms with E-state index in [1.165, 1.54) is 61.8 Å². The summed E-state index contributed by atoms with van der Waals surface area (Å²) in [6.45, 7) is 12.0. The van der Waals surface area contributed by atoms with Crippen LogP contribution in [0.4, 0.5) is 0 Å². The van der Waals surface area contributed by atoms with E-state index < -0.39 is 0 Å². The van der Waals surface area contributed by atoms with Gasteiger partial charge in [0, 0.05) is 17.8 Å². The van der Waals surface area contributed by atoms with Gasteiger partial charge in [0.25, 0.3) is 0 Å². The van der Waals surface area contributed by atoms with Crippen molar-refractivity contribution in [2.24, 2.45) is 17.3 Å². The lowest BCUT2D eigenvalue weighted by Crippen LogP contribution is -2.23. The number of hydrogen-bond donors (Lipinski definition) is 2. The number of H-pyrrole nitrogens is 1. The lowest BCUT2D eigenvalue weighted by Gasteiger charge is -2.25. The molecule has 2 aliphatic rings. The molecule has 2 N–H and O–H groups in total. The van der Waals surface area contributed by atoms with E-state index in [9.17, 15) is 9.90 Å². The van der Waals surface area contributed by atoms with Crippen molar-refractivity contribution < 1.29 is 9.90 Å². The number of aromatic nitrogens is 1. The van der Waals surface area contributed by atoms with Crippen molar-refractivity contribution in [3.63, 3.8) is 0 Å². The van der Waals surface area contributed by atoms with Gasteiger partial charge in [-0.25, -0.2) is 0 Å². The van der Waals surface area contributed by atoms with Crippen molar-refractivity contribution in [1.82, 2.24) is 4.98 Å². The van der Waals surface area contributed by atoms with Crippen molar-refractivity contribution in [3.8, 4) is 0 Å². The summed E-state index contributed by atoms with van der Waals surface area (Å²) >= 11 is 0. The second kappa shape index (κ2) is 13.2. The van der Waals surface area contributed by atoms with Crippen molar-refractivity contribution in [2.45, 2.75) is 111 Å². The van der Waals surface area contributed by atoms with E-state index in [0.29, 0.717) is 11.7 Å². The van der Waals surface area contributed by atoms with Crippen LogP contribution in [-0.4, -0.2) is 22.0 Å². The van der Waals surface area contributed by atoms with Crippen molar-refractivity contribution in [1.29, 1.82) is 0 Å². The van der Waals surface area contributed by atoms with Gasteiger partial charge in [0.2, 0.25) is 0 Å². The molecule has 0 saturated heterocycles. The van der Waals surface area contributed by atoms with E-state index in [4.69, 9.17) is 0 Å². The summed E-state index contributed by atoms with van der Waals surface area (Å²) in [5.41, 5.74) is 4.09. The summed E-state index contributed by atoms with van der Waals surface area (Å²) in [5, 5.41) is 9.48. The second-order valence-corrected chi connectivity index (χ2v) is 10.1. The minimum atomic E-state index is -0.0136. The van der Waals surface area contributed by atoms with Crippen LogP contribution in [-0.2, 0) is 4.79 Å². The molecule has 0 aromatic carbocycles. The number of ketones is 1. The highest BCUT2D eigenvalue weighted by Gasteiger charge is 2.49. The van der Waals surface area contributed by atoms with E-state index in [1.54, 1.807) is 6.92 Å². The number of nitrogens with one attached hydrogen (secondary N) is 1. The number of aliphatic hydroxyl groups is 1. The number of allylic oxidation sites excluding steroid dienone is 3. The monoisotopic (exact) mass is 441 g/mol. The highest BCUT2D eigenvalue weighted by molar-refractivity contribution is 5.79. The Morgan fingerprint density at radius 2 is 1.97 bits per heavy atom. The smallest absolute Gasteiger partial charge is 0.133 e. The van der Waals surface area contributed by atoms with E-state index in [1.807, 2.05) is 12.3 Å². The molecule has 0 aliphatic heterocycles. The first-order chi connectivity index (χ1) is 15.4. The fourth-order valence-electron chi connectivity index (χ4n) is 5.65. The summed E-state index contributed by atoms with van der Waals surface area (Å²) in [4.78, 5) is 15.3. The maximum Gasteiger partial charge on any atom is 0.133 e. The lowest BCUT2D eigenvalue weighted by molar-refractivity contribution is -0.123. The minimum Gasteiger partial charge on any atom is -0.393 e. The van der Waals surface area contributed by atoms with Gasteiger partial charge < -0.3 is 10.1 Å². The molecule has 3 nitrogen and oxygen atoms in total. The lowest BCUT2D eigenvalue weighted by atomic mass is 9.78. The van der Waals surface area contributed by atoms with Gasteiger partial charge in [0.05, 0.1) is 6.10 Å². The third-order valence-electron chi connectivity index (χ3n) is 7.82. The first-order valence-electron chi connectivity index (χ1n) is 13.0. The summed E-state index contributed by atoms with van der Waals surface area (Å²) < 4.78 is 0. The van der Waals surface area contributed by atoms with Crippen molar-refractivity contribution in [3.05, 3.63) is 42.3 Å². The van der Waals surface area contributed by atoms with Crippen LogP contribution in [0.3, 0.4) is 0 Å². The molecule has 2 saturated carbocycles. The molecule has 3 heteroatoms. The van der Waals surface area contributed by atoms with Crippen LogP contribution in [0.2, 0.25) is 0 Å². The normalized spacial score (nSPS) is 20.1. The number of aromatic amines is 1. The second-order valence-electron chi connectivity index (χ2n) is 10.1. The predicted molar refractivity (Wildman–Crippen MR) is 137 cm³/mol. The Morgan fingerprint density at radius 1 is 1.28 bits per heavy atom. The third-order valence-corrected chi connectivity index (χ3v) is 7.82. The number of rotatable bonds is 11. The molecule has 1 heterocycles. The van der Waals surface area contributed by atoms with E-state index >= 15 is 0 Å². The SMILES string of the molecule is C=C/C=C(/CCC1([C@H](CCC)C(C)=O)CC1)c1cc[nH]c1C.CCC(O)C1CCCCC1. The number of carbonyl (C=O) groups excluding carboxylic acids is 1. The molecule has 0 amide bonds. The zero-order chi connectivity index (χ0) is 23.6. The molecule has 2 atom stereocenters. The average Bonchev–Trinajstić information content (AvgIpc) is 3.47. The Bertz CT molecular complexity index is 734. The summed E-state index contributed by atoms with van der Waals surface area (Å²) in [6.07, 6.45) is 20.2. The zero-order valence-electron chi connectivity index (χ0n) is 21.1. The Kier molecular flexibility index (Phi) is 11.0. The Morgan fingerprint density at radius 3 is 2.44 bits per heavy atom. The number of carbonyl (C=O) groups is 1. The molecule has 0 bridgehead atoms. The summed E-state index contributed by atoms with van der Waals surface area (Å²) in [5.74, 6) is 1.26. The average molecular weight is 442 g/mol. The van der Waals surface area contributed by atoms with Gasteiger partial charge in [-0.05, 0) is 93.7 Å². The molecule has 2 fully saturated rings. The van der Waals surface area contributed by atoms with Crippen LogP contribution in [0.25, 0.3) is 5.57 Å². The molecule has 32 heavy (non-hydrogen) atoms. The molecular weight excluding hydrogens is 394 g/mol. The van der Waals surface area contributed by atoms with Gasteiger partial charge >= 0.3 is 0 Å². The van der Waals surface area contributed by atoms with Crippen LogP contribution in [0, 0.1) is 24.2 Å². The van der Waals surface area contributed by atoms with Crippen molar-refractivity contribution >= 4 is 11.4 Å². The fourth-order valence-corrected chi connectivity index (χ4v) is 5.65. The summed E-state index contributed by atoms with van der Waals surface area (Å²) in [6, 6.07) is 2.14. The predicted octanol–water partition coefficient (Wildman–Crippen LogP) is 7.80. The van der Waals surface area contributed by atoms with E-state index in [2.05, 4.69) is 44.5 Å². The maximum atomic E-state index is 12.0. The van der Waals surface area contributed by atoms with Crippen molar-refractivity contribution in [2.75, 3.05) is 0 Å². The van der Waals surface area contributed by atoms with Crippen LogP contribution in [0.1, 0.15) is 109 Å². The number of aryl methyl sites for hydroxylation is 1. The van der Waals surface area contributed by atoms with Gasteiger partial charge in [0.15, 0.2) is 0 Å². The Balaban J connectivity index is 0.000000303. The number of Topliss-reactive ketones (excluding diaryl/α,β-unsaturated/α-hetero) is 1. The molecule has 0 radical (unpaired) electrons. The molecule has 1 aromatic heterocycles. The first-order valence-corrected chi connectivity index (χ1v) is 13.0. The van der Waals surface area contributed by atoms with Gasteiger partial charge in [-0.1, -0.05) is 58.3 Å². The number of hydrogen-bond acceptors (Lipinski definition) is 2. The standard InChI is InChI=1S/C20H29NO.C9H18O/c1-5-7-17(18-10-14-21-15(18)3)9-11-20(12-13-20)19(8-6-2)16(4)22;1-2-9(10)8-6-4-3-5-7-8/h5,7,10,14,19,21H,1,6,8-9,11-13H2,2-4H3;8-10H,2-7H2,1H3/b17-7-;/t19-;/m1./s1. The van der Waals surface area contributed by atoms with Crippen LogP contribution in [0.5, 0.6) is 0 Å². The zero-order valence-corrected chi connectivity index (χ0v) is 21.1. The highest BCUT2D eigenvalue weighted by Crippen LogP contribution is 2.58. The maximum absolute atomic E-state index is 12.0. The molecule has 3 rings (SSSR count). The van der Waals surface area contributed by atoms with Crippen LogP contribution < -0.4 is 0 Å². The molecule has 180 valence electrons. The number of aliphatic hydroxyl groups excluding tert-OH is 1. The molecule has 0 spiro atoms. The quantitative estimate of drug-likeness (QED) is 0.344. The largest absolute Gasteiger partial charge is 0.393 e. The van der Waals surface area contributed by atoms with Gasteiger partial charge in [-0.2, -0.15) is 0 Å². The molecule has 1 unspecified atom stereocenters. The van der Waals surface area contributed by atoms with E-state index in [-0.39, 0.29) is 17.4 Å². The Labute approximate surface area is 196 Å². The fraction of sp³-hybridized carbons (Fsp3) is 0.690. The minimum absolute atomic E-state index is 0.0136. The Hall–Kier alpha value is -1.61. The van der Waals surface area contributed by atoms with Gasteiger partial charge in [-0.3, -0.25) is 4.79 Å². The van der Waals surface area contributed by atoms with E-state index in [0.717, 1.165) is 32.1 Å². The molecule has 2 aliphatic carbocycles. The van der Waals surface area contributed by atoms with Gasteiger partial charge in [0.1, 0.15) is 5.78 Å². The molecular formula is C29H47NO2. The first kappa shape index (κ1) is 26.6. The highest BCUT2D eigenvalue weighted by atomic mass is 16.3. The molecule has 1 aromatic rings. The topological polar surface area (TPSA) is 53.1 Å². The van der Waals surface area contributed by atoms with Crippen LogP contribution >= 0.6 is 0 Å². The van der Waals surface area contributed by atoms with Crippen LogP contribution in [0.15, 0.2) is 31.0 Å². The third kappa shape index (κ3) is 7.47. The van der Waals surface area contributed by atoms with Gasteiger partial charge in [-0.15, -0.1) is 0 Å². The summed E-state index contributed by atoms with van der Waals surface area (Å²) in [7, 11) is 0.